The van der Waals surface area contributed by atoms with Crippen LogP contribution in [0.25, 0.3) is 10.8 Å². The van der Waals surface area contributed by atoms with Gasteiger partial charge in [0.15, 0.2) is 0 Å². The van der Waals surface area contributed by atoms with E-state index in [1.54, 1.807) is 12.1 Å². The van der Waals surface area contributed by atoms with Gasteiger partial charge in [0, 0.05) is 22.2 Å². The van der Waals surface area contributed by atoms with Crippen molar-refractivity contribution in [3.8, 4) is 0 Å². The van der Waals surface area contributed by atoms with Gasteiger partial charge >= 0.3 is 0 Å². The molecule has 0 radical (unpaired) electrons. The molecular weight excluding hydrogens is 386 g/mol. The van der Waals surface area contributed by atoms with E-state index < -0.39 is 0 Å². The average molecular weight is 412 g/mol. The molecule has 1 aliphatic heterocycles. The molecule has 3 aromatic carbocycles. The second-order valence-corrected chi connectivity index (χ2v) is 8.57. The summed E-state index contributed by atoms with van der Waals surface area (Å²) in [6.45, 7) is 2.72. The standard InChI is InChI=1S/C26H25N3O2/c1-17-8-14-21(15-9-17)27-28-25(30)20-12-10-18(11-13-20)16-29-23-7-3-5-19-4-2-6-22(24(19)23)26(29)31/h2-7,10-13,17H,8-9,14-16H2,1H3,(H,28,30). The molecule has 1 N–H and O–H groups in total. The van der Waals surface area contributed by atoms with Crippen LogP contribution in [0.2, 0.25) is 0 Å². The molecule has 1 aliphatic carbocycles. The summed E-state index contributed by atoms with van der Waals surface area (Å²) in [6, 6.07) is 19.2. The monoisotopic (exact) mass is 411 g/mol. The highest BCUT2D eigenvalue weighted by Gasteiger charge is 2.29. The molecule has 0 spiro atoms. The zero-order valence-electron chi connectivity index (χ0n) is 17.6. The number of amides is 2. The zero-order chi connectivity index (χ0) is 21.4. The third-order valence-corrected chi connectivity index (χ3v) is 6.37. The SMILES string of the molecule is CC1CCC(=NNC(=O)c2ccc(CN3C(=O)c4cccc5cccc3c45)cc2)CC1. The second kappa shape index (κ2) is 7.99. The number of hydrogen-bond donors (Lipinski definition) is 1. The summed E-state index contributed by atoms with van der Waals surface area (Å²) in [5.74, 6) is 0.558. The maximum atomic E-state index is 13.0. The fourth-order valence-corrected chi connectivity index (χ4v) is 4.48. The molecule has 156 valence electrons. The largest absolute Gasteiger partial charge is 0.303 e. The van der Waals surface area contributed by atoms with Crippen LogP contribution in [-0.2, 0) is 6.54 Å². The van der Waals surface area contributed by atoms with Crippen molar-refractivity contribution in [3.05, 3.63) is 77.4 Å². The van der Waals surface area contributed by atoms with Crippen molar-refractivity contribution >= 4 is 34.0 Å². The van der Waals surface area contributed by atoms with Gasteiger partial charge in [-0.05, 0) is 66.8 Å². The second-order valence-electron chi connectivity index (χ2n) is 8.57. The normalized spacial score (nSPS) is 17.8. The van der Waals surface area contributed by atoms with E-state index in [9.17, 15) is 9.59 Å². The fourth-order valence-electron chi connectivity index (χ4n) is 4.48. The van der Waals surface area contributed by atoms with Crippen molar-refractivity contribution < 1.29 is 9.59 Å². The Morgan fingerprint density at radius 2 is 1.74 bits per heavy atom. The van der Waals surface area contributed by atoms with E-state index in [0.29, 0.717) is 12.1 Å². The number of hydrazone groups is 1. The van der Waals surface area contributed by atoms with E-state index in [4.69, 9.17) is 0 Å². The molecule has 31 heavy (non-hydrogen) atoms. The van der Waals surface area contributed by atoms with E-state index in [-0.39, 0.29) is 11.8 Å². The van der Waals surface area contributed by atoms with Crippen LogP contribution in [0.3, 0.4) is 0 Å². The molecule has 2 amide bonds. The summed E-state index contributed by atoms with van der Waals surface area (Å²) in [5, 5.41) is 6.41. The van der Waals surface area contributed by atoms with Crippen molar-refractivity contribution in [1.29, 1.82) is 0 Å². The van der Waals surface area contributed by atoms with Crippen LogP contribution in [0.1, 0.15) is 58.9 Å². The molecule has 2 aliphatic rings. The number of nitrogens with zero attached hydrogens (tertiary/aromatic N) is 2. The maximum Gasteiger partial charge on any atom is 0.271 e. The predicted molar refractivity (Wildman–Crippen MR) is 123 cm³/mol. The van der Waals surface area contributed by atoms with E-state index >= 15 is 0 Å². The third-order valence-electron chi connectivity index (χ3n) is 6.37. The minimum atomic E-state index is -0.202. The van der Waals surface area contributed by atoms with Gasteiger partial charge in [0.1, 0.15) is 0 Å². The van der Waals surface area contributed by atoms with Gasteiger partial charge in [0.05, 0.1) is 12.2 Å². The Morgan fingerprint density at radius 3 is 2.48 bits per heavy atom. The van der Waals surface area contributed by atoms with Crippen molar-refractivity contribution in [3.63, 3.8) is 0 Å². The summed E-state index contributed by atoms with van der Waals surface area (Å²) < 4.78 is 0. The van der Waals surface area contributed by atoms with Crippen LogP contribution in [0.4, 0.5) is 5.69 Å². The smallest absolute Gasteiger partial charge is 0.271 e. The number of anilines is 1. The Bertz CT molecular complexity index is 1180. The van der Waals surface area contributed by atoms with Gasteiger partial charge in [-0.1, -0.05) is 43.3 Å². The summed E-state index contributed by atoms with van der Waals surface area (Å²) in [5.41, 5.74) is 7.00. The third kappa shape index (κ3) is 3.72. The molecule has 1 heterocycles. The first-order chi connectivity index (χ1) is 15.1. The zero-order valence-corrected chi connectivity index (χ0v) is 17.6. The van der Waals surface area contributed by atoms with Crippen molar-refractivity contribution in [1.82, 2.24) is 5.43 Å². The molecule has 0 saturated heterocycles. The number of nitrogens with one attached hydrogen (secondary N) is 1. The lowest BCUT2D eigenvalue weighted by molar-refractivity contribution is 0.0952. The van der Waals surface area contributed by atoms with Crippen molar-refractivity contribution in [2.75, 3.05) is 4.90 Å². The average Bonchev–Trinajstić information content (AvgIpc) is 3.07. The number of hydrogen-bond acceptors (Lipinski definition) is 3. The van der Waals surface area contributed by atoms with Gasteiger partial charge in [-0.2, -0.15) is 5.10 Å². The molecule has 0 aromatic heterocycles. The molecule has 1 fully saturated rings. The van der Waals surface area contributed by atoms with Gasteiger partial charge in [-0.25, -0.2) is 5.43 Å². The van der Waals surface area contributed by atoms with E-state index in [1.165, 1.54) is 0 Å². The van der Waals surface area contributed by atoms with Gasteiger partial charge < -0.3 is 4.90 Å². The van der Waals surface area contributed by atoms with E-state index in [0.717, 1.165) is 64.9 Å². The molecule has 5 nitrogen and oxygen atoms in total. The lowest BCUT2D eigenvalue weighted by Crippen LogP contribution is -2.26. The van der Waals surface area contributed by atoms with Crippen LogP contribution >= 0.6 is 0 Å². The molecule has 0 atom stereocenters. The van der Waals surface area contributed by atoms with Gasteiger partial charge in [0.25, 0.3) is 11.8 Å². The quantitative estimate of drug-likeness (QED) is 0.593. The molecular formula is C26H25N3O2. The highest BCUT2D eigenvalue weighted by molar-refractivity contribution is 6.24. The summed E-state index contributed by atoms with van der Waals surface area (Å²) in [7, 11) is 0. The number of rotatable bonds is 4. The Morgan fingerprint density at radius 1 is 1.03 bits per heavy atom. The lowest BCUT2D eigenvalue weighted by Gasteiger charge is -2.19. The predicted octanol–water partition coefficient (Wildman–Crippen LogP) is 5.30. The molecule has 1 saturated carbocycles. The molecule has 5 heteroatoms. The van der Waals surface area contributed by atoms with Gasteiger partial charge in [-0.3, -0.25) is 9.59 Å². The van der Waals surface area contributed by atoms with Crippen LogP contribution in [0.15, 0.2) is 65.8 Å². The van der Waals surface area contributed by atoms with E-state index in [1.807, 2.05) is 53.4 Å². The first-order valence-corrected chi connectivity index (χ1v) is 10.9. The van der Waals surface area contributed by atoms with E-state index in [2.05, 4.69) is 17.5 Å². The minimum Gasteiger partial charge on any atom is -0.303 e. The molecule has 3 aromatic rings. The van der Waals surface area contributed by atoms with Gasteiger partial charge in [-0.15, -0.1) is 0 Å². The lowest BCUT2D eigenvalue weighted by atomic mass is 9.90. The van der Waals surface area contributed by atoms with Crippen LogP contribution < -0.4 is 10.3 Å². The number of carbonyl (C=O) groups is 2. The molecule has 0 bridgehead atoms. The van der Waals surface area contributed by atoms with Crippen LogP contribution in [0.5, 0.6) is 0 Å². The highest BCUT2D eigenvalue weighted by atomic mass is 16.2. The Kier molecular flexibility index (Phi) is 5.02. The first kappa shape index (κ1) is 19.5. The fraction of sp³-hybridized carbons (Fsp3) is 0.269. The van der Waals surface area contributed by atoms with Crippen molar-refractivity contribution in [2.24, 2.45) is 11.0 Å². The van der Waals surface area contributed by atoms with Crippen LogP contribution in [0, 0.1) is 5.92 Å². The summed E-state index contributed by atoms with van der Waals surface area (Å²) in [6.07, 6.45) is 4.19. The first-order valence-electron chi connectivity index (χ1n) is 10.9. The maximum absolute atomic E-state index is 13.0. The Balaban J connectivity index is 1.28. The Labute approximate surface area is 181 Å². The topological polar surface area (TPSA) is 61.8 Å². The number of carbonyl (C=O) groups excluding carboxylic acids is 2. The molecule has 0 unspecified atom stereocenters. The Hall–Kier alpha value is -3.47. The summed E-state index contributed by atoms with van der Waals surface area (Å²) >= 11 is 0. The van der Waals surface area contributed by atoms with Crippen LogP contribution in [-0.4, -0.2) is 17.5 Å². The molecule has 5 rings (SSSR count). The van der Waals surface area contributed by atoms with Crippen molar-refractivity contribution in [2.45, 2.75) is 39.2 Å². The number of benzene rings is 3. The summed E-state index contributed by atoms with van der Waals surface area (Å²) in [4.78, 5) is 27.2. The highest BCUT2D eigenvalue weighted by Crippen LogP contribution is 2.37. The minimum absolute atomic E-state index is 0.0197. The van der Waals surface area contributed by atoms with Gasteiger partial charge in [0.2, 0.25) is 0 Å².